The minimum absolute atomic E-state index is 0.0202. The van der Waals surface area contributed by atoms with Crippen LogP contribution in [-0.4, -0.2) is 98.5 Å². The summed E-state index contributed by atoms with van der Waals surface area (Å²) >= 11 is 0. The first-order valence-electron chi connectivity index (χ1n) is 11.5. The number of aliphatic hydroxyl groups excluding tert-OH is 3. The van der Waals surface area contributed by atoms with Crippen LogP contribution < -0.4 is 22.8 Å². The molecular weight excluding hydrogens is 547 g/mol. The lowest BCUT2D eigenvalue weighted by atomic mass is 10.1. The third kappa shape index (κ3) is 5.90. The summed E-state index contributed by atoms with van der Waals surface area (Å²) in [5.41, 5.74) is 9.42. The van der Waals surface area contributed by atoms with Gasteiger partial charge in [-0.05, 0) is 12.1 Å². The average molecular weight is 576 g/mol. The predicted molar refractivity (Wildman–Crippen MR) is 129 cm³/mol. The van der Waals surface area contributed by atoms with Gasteiger partial charge in [0.1, 0.15) is 48.3 Å². The van der Waals surface area contributed by atoms with Crippen LogP contribution in [0.1, 0.15) is 12.5 Å². The monoisotopic (exact) mass is 576 g/mol. The second-order valence-corrected chi connectivity index (χ2v) is 10.3. The number of hydrogen-bond acceptors (Lipinski definition) is 16. The fraction of sp³-hybridized carbons (Fsp3) is 0.600. The van der Waals surface area contributed by atoms with Crippen molar-refractivity contribution in [2.45, 2.75) is 49.1 Å². The molecule has 9 atom stereocenters. The van der Waals surface area contributed by atoms with Crippen LogP contribution in [0.5, 0.6) is 0 Å². The van der Waals surface area contributed by atoms with Gasteiger partial charge in [0, 0.05) is 26.6 Å². The molecule has 0 spiro atoms. The van der Waals surface area contributed by atoms with Gasteiger partial charge in [-0.2, -0.15) is 9.97 Å². The topological polar surface area (TPSA) is 255 Å². The van der Waals surface area contributed by atoms with Crippen LogP contribution in [0.4, 0.5) is 11.6 Å². The number of rotatable bonds is 10. The van der Waals surface area contributed by atoms with E-state index >= 15 is 0 Å². The zero-order valence-corrected chi connectivity index (χ0v) is 21.6. The van der Waals surface area contributed by atoms with Gasteiger partial charge >= 0.3 is 19.2 Å². The van der Waals surface area contributed by atoms with Gasteiger partial charge in [-0.25, -0.2) is 14.2 Å². The Kier molecular flexibility index (Phi) is 8.82. The number of nitrogens with two attached hydrogens (primary N) is 2. The molecule has 2 fully saturated rings. The fourth-order valence-electron chi connectivity index (χ4n) is 4.23. The van der Waals surface area contributed by atoms with Crippen LogP contribution >= 0.6 is 7.82 Å². The summed E-state index contributed by atoms with van der Waals surface area (Å²) in [7, 11) is -2.15. The first kappa shape index (κ1) is 29.2. The number of aromatic nitrogens is 4. The van der Waals surface area contributed by atoms with Gasteiger partial charge in [-0.15, -0.1) is 0 Å². The first-order chi connectivity index (χ1) is 18.5. The number of phosphoric acid groups is 1. The zero-order chi connectivity index (χ0) is 28.5. The minimum atomic E-state index is -4.46. The quantitative estimate of drug-likeness (QED) is 0.181. The van der Waals surface area contributed by atoms with Crippen molar-refractivity contribution < 1.29 is 47.7 Å². The number of hydrogen-bond donors (Lipinski definition) is 5. The third-order valence-corrected chi connectivity index (χ3v) is 7.61. The second-order valence-electron chi connectivity index (χ2n) is 8.57. The number of nitrogens with zero attached hydrogens (tertiary/aromatic N) is 4. The number of ether oxygens (including phenoxy) is 3. The Morgan fingerprint density at radius 3 is 2.03 bits per heavy atom. The summed E-state index contributed by atoms with van der Waals surface area (Å²) < 4.78 is 48.0. The van der Waals surface area contributed by atoms with Gasteiger partial charge in [0.25, 0.3) is 0 Å². The van der Waals surface area contributed by atoms with Crippen LogP contribution in [0, 0.1) is 0 Å². The second kappa shape index (κ2) is 11.8. The van der Waals surface area contributed by atoms with Crippen LogP contribution in [-0.2, 0) is 32.3 Å². The molecule has 2 aromatic rings. The van der Waals surface area contributed by atoms with E-state index in [1.54, 1.807) is 0 Å². The van der Waals surface area contributed by atoms with Crippen LogP contribution in [0.3, 0.4) is 0 Å². The van der Waals surface area contributed by atoms with Gasteiger partial charge in [0.15, 0.2) is 12.5 Å². The minimum Gasteiger partial charge on any atom is -0.394 e. The molecular formula is C20H29N6O12P. The molecule has 2 aliphatic rings. The van der Waals surface area contributed by atoms with Crippen molar-refractivity contribution in [2.75, 3.05) is 38.9 Å². The Morgan fingerprint density at radius 2 is 1.51 bits per heavy atom. The highest BCUT2D eigenvalue weighted by molar-refractivity contribution is 7.48. The summed E-state index contributed by atoms with van der Waals surface area (Å²) in [4.78, 5) is 31.7. The average Bonchev–Trinajstić information content (AvgIpc) is 3.38. The Morgan fingerprint density at radius 1 is 0.949 bits per heavy atom. The molecule has 4 rings (SSSR count). The molecule has 19 heteroatoms. The van der Waals surface area contributed by atoms with Crippen molar-refractivity contribution in [3.8, 4) is 0 Å². The van der Waals surface area contributed by atoms with Crippen molar-refractivity contribution in [3.63, 3.8) is 0 Å². The lowest BCUT2D eigenvalue weighted by Crippen LogP contribution is -2.39. The van der Waals surface area contributed by atoms with Gasteiger partial charge < -0.3 is 41.0 Å². The highest BCUT2D eigenvalue weighted by Gasteiger charge is 2.51. The number of nitrogen functional groups attached to an aromatic ring is 2. The maximum atomic E-state index is 13.4. The summed E-state index contributed by atoms with van der Waals surface area (Å²) in [6, 6.07) is 2.65. The van der Waals surface area contributed by atoms with E-state index in [-0.39, 0.29) is 11.6 Å². The summed E-state index contributed by atoms with van der Waals surface area (Å²) in [5.74, 6) is -0.0678. The standard InChI is InChI=1S/C20H29N6O12P/c1-33-16-15(9(7-27)36-18(16)26-6-4-12(22)24-20(26)31)38-39(32,34-2)35-8-10-13(28)14(29)17(37-10)25-5-3-11(21)23-19(25)30/h3-6,9-10,13-18,27-29H,7-8H2,1-2H3,(H2,21,23,30)(H2,22,24,31)/t9-,10-,13-,14-,15-,16-,17-,18-,39?/m1/s1. The fourth-order valence-corrected chi connectivity index (χ4v) is 5.37. The van der Waals surface area contributed by atoms with E-state index in [1.807, 2.05) is 0 Å². The molecule has 39 heavy (non-hydrogen) atoms. The molecule has 2 aromatic heterocycles. The van der Waals surface area contributed by atoms with Crippen molar-refractivity contribution in [2.24, 2.45) is 0 Å². The molecule has 4 heterocycles. The van der Waals surface area contributed by atoms with Crippen molar-refractivity contribution in [1.82, 2.24) is 19.1 Å². The van der Waals surface area contributed by atoms with E-state index in [1.165, 1.54) is 31.6 Å². The van der Waals surface area contributed by atoms with E-state index in [9.17, 15) is 29.5 Å². The zero-order valence-electron chi connectivity index (χ0n) is 20.7. The summed E-state index contributed by atoms with van der Waals surface area (Å²) in [6.45, 7) is -1.23. The van der Waals surface area contributed by atoms with Crippen molar-refractivity contribution >= 4 is 19.5 Å². The number of methoxy groups -OCH3 is 1. The highest BCUT2D eigenvalue weighted by Crippen LogP contribution is 2.53. The van der Waals surface area contributed by atoms with E-state index in [2.05, 4.69) is 9.97 Å². The molecule has 0 saturated carbocycles. The highest BCUT2D eigenvalue weighted by atomic mass is 31.2. The molecule has 1 unspecified atom stereocenters. The molecule has 7 N–H and O–H groups in total. The summed E-state index contributed by atoms with van der Waals surface area (Å²) in [5, 5.41) is 30.7. The van der Waals surface area contributed by atoms with E-state index in [0.29, 0.717) is 0 Å². The molecule has 18 nitrogen and oxygen atoms in total. The number of phosphoric ester groups is 1. The smallest absolute Gasteiger partial charge is 0.394 e. The van der Waals surface area contributed by atoms with E-state index in [0.717, 1.165) is 16.2 Å². The third-order valence-electron chi connectivity index (χ3n) is 6.20. The van der Waals surface area contributed by atoms with Gasteiger partial charge in [0.2, 0.25) is 0 Å². The van der Waals surface area contributed by atoms with Gasteiger partial charge in [0.05, 0.1) is 13.2 Å². The van der Waals surface area contributed by atoms with Crippen LogP contribution in [0.25, 0.3) is 0 Å². The van der Waals surface area contributed by atoms with E-state index < -0.39 is 81.5 Å². The number of aliphatic hydroxyl groups is 3. The molecule has 0 aliphatic carbocycles. The normalized spacial score (nSPS) is 32.3. The number of anilines is 2. The van der Waals surface area contributed by atoms with Crippen LogP contribution in [0.2, 0.25) is 0 Å². The molecule has 216 valence electrons. The van der Waals surface area contributed by atoms with Gasteiger partial charge in [-0.1, -0.05) is 0 Å². The molecule has 0 aromatic carbocycles. The van der Waals surface area contributed by atoms with Crippen LogP contribution in [0.15, 0.2) is 34.1 Å². The lowest BCUT2D eigenvalue weighted by molar-refractivity contribution is -0.0625. The SMILES string of the molecule is CO[C@@H]1[C@H](OP(=O)(OC)OC[C@H]2O[C@@H](n3ccc(N)nc3=O)[C@H](O)[C@@H]2O)[C@@H](CO)O[C@H]1n1ccc(N)nc1=O. The molecule has 0 bridgehead atoms. The Labute approximate surface area is 220 Å². The predicted octanol–water partition coefficient (Wildman–Crippen LogP) is -2.66. The Balaban J connectivity index is 1.48. The van der Waals surface area contributed by atoms with Crippen molar-refractivity contribution in [1.29, 1.82) is 0 Å². The summed E-state index contributed by atoms with van der Waals surface area (Å²) in [6.07, 6.45) is -7.86. The largest absolute Gasteiger partial charge is 0.475 e. The Bertz CT molecular complexity index is 1320. The van der Waals surface area contributed by atoms with Crippen molar-refractivity contribution in [3.05, 3.63) is 45.5 Å². The Hall–Kier alpha value is -2.77. The first-order valence-corrected chi connectivity index (χ1v) is 13.0. The molecule has 0 radical (unpaired) electrons. The molecule has 2 saturated heterocycles. The maximum Gasteiger partial charge on any atom is 0.475 e. The molecule has 2 aliphatic heterocycles. The van der Waals surface area contributed by atoms with Gasteiger partial charge in [-0.3, -0.25) is 22.7 Å². The van der Waals surface area contributed by atoms with E-state index in [4.69, 9.17) is 39.2 Å². The maximum absolute atomic E-state index is 13.4. The lowest BCUT2D eigenvalue weighted by Gasteiger charge is -2.27. The molecule has 0 amide bonds.